The first-order valence-electron chi connectivity index (χ1n) is 7.40. The zero-order valence-electron chi connectivity index (χ0n) is 11.3. The van der Waals surface area contributed by atoms with Gasteiger partial charge in [0.2, 0.25) is 0 Å². The van der Waals surface area contributed by atoms with Gasteiger partial charge in [-0.1, -0.05) is 62.4 Å². The normalized spacial score (nSPS) is 20.1. The van der Waals surface area contributed by atoms with Gasteiger partial charge >= 0.3 is 0 Å². The Morgan fingerprint density at radius 3 is 2.22 bits per heavy atom. The lowest BCUT2D eigenvalue weighted by molar-refractivity contribution is 0.285. The molecule has 2 rings (SSSR count). The van der Waals surface area contributed by atoms with E-state index in [1.54, 1.807) is 0 Å². The van der Waals surface area contributed by atoms with Gasteiger partial charge in [0, 0.05) is 6.04 Å². The molecule has 0 aromatic heterocycles. The highest BCUT2D eigenvalue weighted by Crippen LogP contribution is 2.26. The molecule has 18 heavy (non-hydrogen) atoms. The summed E-state index contributed by atoms with van der Waals surface area (Å²) in [6.07, 6.45) is 10.7. The van der Waals surface area contributed by atoms with Crippen LogP contribution in [0.5, 0.6) is 0 Å². The number of rotatable bonds is 4. The van der Waals surface area contributed by atoms with Crippen LogP contribution >= 0.6 is 0 Å². The monoisotopic (exact) mass is 246 g/mol. The predicted octanol–water partition coefficient (Wildman–Crippen LogP) is 3.42. The molecule has 1 saturated carbocycles. The topological polar surface area (TPSA) is 38.0 Å². The molecular weight excluding hydrogens is 220 g/mol. The summed E-state index contributed by atoms with van der Waals surface area (Å²) < 4.78 is 0. The van der Waals surface area contributed by atoms with E-state index in [0.29, 0.717) is 6.04 Å². The van der Waals surface area contributed by atoms with E-state index in [4.69, 9.17) is 5.84 Å². The van der Waals surface area contributed by atoms with Gasteiger partial charge in [-0.3, -0.25) is 11.3 Å². The van der Waals surface area contributed by atoms with Gasteiger partial charge in [0.25, 0.3) is 0 Å². The maximum Gasteiger partial charge on any atom is 0.0279 e. The summed E-state index contributed by atoms with van der Waals surface area (Å²) in [5.74, 6) is 6.54. The van der Waals surface area contributed by atoms with Gasteiger partial charge in [-0.05, 0) is 30.7 Å². The van der Waals surface area contributed by atoms with Crippen LogP contribution in [0.25, 0.3) is 0 Å². The third-order valence-corrected chi connectivity index (χ3v) is 4.23. The second-order valence-electron chi connectivity index (χ2n) is 5.57. The van der Waals surface area contributed by atoms with E-state index in [0.717, 1.165) is 12.3 Å². The molecule has 1 aliphatic carbocycles. The quantitative estimate of drug-likeness (QED) is 0.631. The molecule has 0 aliphatic heterocycles. The van der Waals surface area contributed by atoms with Crippen molar-refractivity contribution in [1.82, 2.24) is 5.43 Å². The van der Waals surface area contributed by atoms with Crippen LogP contribution in [-0.4, -0.2) is 6.04 Å². The molecule has 1 unspecified atom stereocenters. The summed E-state index contributed by atoms with van der Waals surface area (Å²) in [5.41, 5.74) is 4.46. The van der Waals surface area contributed by atoms with Gasteiger partial charge in [0.1, 0.15) is 0 Å². The summed E-state index contributed by atoms with van der Waals surface area (Å²) in [6, 6.07) is 11.1. The molecular formula is C16H26N2. The minimum atomic E-state index is 0.436. The molecule has 2 heteroatoms. The fraction of sp³-hybridized carbons (Fsp3) is 0.625. The first kappa shape index (κ1) is 13.6. The van der Waals surface area contributed by atoms with Crippen molar-refractivity contribution in [1.29, 1.82) is 0 Å². The highest BCUT2D eigenvalue weighted by atomic mass is 15.2. The zero-order chi connectivity index (χ0) is 12.6. The zero-order valence-corrected chi connectivity index (χ0v) is 11.3. The molecule has 2 nitrogen and oxygen atoms in total. The van der Waals surface area contributed by atoms with Crippen LogP contribution in [0.4, 0.5) is 0 Å². The Hall–Kier alpha value is -0.860. The third kappa shape index (κ3) is 4.11. The molecule has 1 aromatic carbocycles. The van der Waals surface area contributed by atoms with Crippen LogP contribution in [-0.2, 0) is 6.42 Å². The molecule has 1 atom stereocenters. The molecule has 0 spiro atoms. The molecule has 0 heterocycles. The molecule has 0 amide bonds. The van der Waals surface area contributed by atoms with E-state index in [2.05, 4.69) is 35.8 Å². The van der Waals surface area contributed by atoms with Crippen molar-refractivity contribution in [3.8, 4) is 0 Å². The van der Waals surface area contributed by atoms with Gasteiger partial charge in [-0.25, -0.2) is 0 Å². The number of hydrogen-bond acceptors (Lipinski definition) is 2. The number of nitrogens with two attached hydrogens (primary N) is 1. The van der Waals surface area contributed by atoms with Gasteiger partial charge < -0.3 is 0 Å². The van der Waals surface area contributed by atoms with Crippen molar-refractivity contribution in [2.75, 3.05) is 0 Å². The van der Waals surface area contributed by atoms with Gasteiger partial charge in [-0.2, -0.15) is 0 Å². The third-order valence-electron chi connectivity index (χ3n) is 4.23. The Balaban J connectivity index is 1.93. The Bertz CT molecular complexity index is 315. The van der Waals surface area contributed by atoms with Crippen LogP contribution in [0.15, 0.2) is 30.3 Å². The Morgan fingerprint density at radius 1 is 1.00 bits per heavy atom. The average Bonchev–Trinajstić information content (AvgIpc) is 2.37. The van der Waals surface area contributed by atoms with Crippen LogP contribution in [0.3, 0.4) is 0 Å². The number of nitrogens with one attached hydrogen (secondary N) is 1. The highest BCUT2D eigenvalue weighted by Gasteiger charge is 2.21. The van der Waals surface area contributed by atoms with Crippen LogP contribution in [0, 0.1) is 5.92 Å². The molecule has 0 bridgehead atoms. The van der Waals surface area contributed by atoms with Crippen molar-refractivity contribution in [2.24, 2.45) is 11.8 Å². The summed E-state index contributed by atoms with van der Waals surface area (Å²) in [7, 11) is 0. The lowest BCUT2D eigenvalue weighted by atomic mass is 9.83. The lowest BCUT2D eigenvalue weighted by Gasteiger charge is -2.28. The van der Waals surface area contributed by atoms with Crippen molar-refractivity contribution < 1.29 is 0 Å². The summed E-state index contributed by atoms with van der Waals surface area (Å²) in [6.45, 7) is 0. The van der Waals surface area contributed by atoms with Crippen LogP contribution in [0.2, 0.25) is 0 Å². The van der Waals surface area contributed by atoms with Crippen LogP contribution in [0.1, 0.15) is 50.5 Å². The number of hydrogen-bond donors (Lipinski definition) is 2. The fourth-order valence-corrected chi connectivity index (χ4v) is 3.12. The van der Waals surface area contributed by atoms with Crippen molar-refractivity contribution >= 4 is 0 Å². The first-order valence-corrected chi connectivity index (χ1v) is 7.40. The van der Waals surface area contributed by atoms with Crippen molar-refractivity contribution in [2.45, 2.75) is 57.4 Å². The molecule has 1 fully saturated rings. The van der Waals surface area contributed by atoms with E-state index in [1.165, 1.54) is 50.5 Å². The van der Waals surface area contributed by atoms with E-state index in [1.807, 2.05) is 0 Å². The van der Waals surface area contributed by atoms with Crippen molar-refractivity contribution in [3.05, 3.63) is 35.9 Å². The highest BCUT2D eigenvalue weighted by molar-refractivity contribution is 5.16. The standard InChI is InChI=1S/C16H26N2/c17-18-16(13-14-9-5-4-6-10-14)15-11-7-2-1-3-8-12-15/h4-6,9-10,15-16,18H,1-3,7-8,11-13,17H2. The Kier molecular flexibility index (Phi) is 5.69. The summed E-state index contributed by atoms with van der Waals surface area (Å²) in [4.78, 5) is 0. The first-order chi connectivity index (χ1) is 8.90. The summed E-state index contributed by atoms with van der Waals surface area (Å²) in [5, 5.41) is 0. The van der Waals surface area contributed by atoms with Gasteiger partial charge in [0.15, 0.2) is 0 Å². The SMILES string of the molecule is NNC(Cc1ccccc1)C1CCCCCCC1. The minimum absolute atomic E-state index is 0.436. The Morgan fingerprint density at radius 2 is 1.61 bits per heavy atom. The number of benzene rings is 1. The van der Waals surface area contributed by atoms with Gasteiger partial charge in [-0.15, -0.1) is 0 Å². The number of hydrazine groups is 1. The molecule has 0 radical (unpaired) electrons. The molecule has 1 aliphatic rings. The lowest BCUT2D eigenvalue weighted by Crippen LogP contribution is -2.42. The second kappa shape index (κ2) is 7.55. The van der Waals surface area contributed by atoms with Gasteiger partial charge in [0.05, 0.1) is 0 Å². The van der Waals surface area contributed by atoms with E-state index >= 15 is 0 Å². The van der Waals surface area contributed by atoms with E-state index in [-0.39, 0.29) is 0 Å². The second-order valence-corrected chi connectivity index (χ2v) is 5.57. The fourth-order valence-electron chi connectivity index (χ4n) is 3.12. The Labute approximate surface area is 111 Å². The molecule has 3 N–H and O–H groups in total. The minimum Gasteiger partial charge on any atom is -0.271 e. The summed E-state index contributed by atoms with van der Waals surface area (Å²) >= 11 is 0. The maximum atomic E-state index is 5.79. The largest absolute Gasteiger partial charge is 0.271 e. The van der Waals surface area contributed by atoms with Crippen LogP contribution < -0.4 is 11.3 Å². The smallest absolute Gasteiger partial charge is 0.0279 e. The molecule has 0 saturated heterocycles. The predicted molar refractivity (Wildman–Crippen MR) is 77.1 cm³/mol. The molecule has 100 valence electrons. The maximum absolute atomic E-state index is 5.79. The van der Waals surface area contributed by atoms with Crippen molar-refractivity contribution in [3.63, 3.8) is 0 Å². The average molecular weight is 246 g/mol. The van der Waals surface area contributed by atoms with E-state index in [9.17, 15) is 0 Å². The molecule has 1 aromatic rings. The van der Waals surface area contributed by atoms with E-state index < -0.39 is 0 Å².